The van der Waals surface area contributed by atoms with E-state index in [0.29, 0.717) is 19.0 Å². The molecule has 1 N–H and O–H groups in total. The topological polar surface area (TPSA) is 49.4 Å². The molecule has 0 aromatic carbocycles. The van der Waals surface area contributed by atoms with E-state index in [4.69, 9.17) is 0 Å². The first-order chi connectivity index (χ1) is 7.36. The lowest BCUT2D eigenvalue weighted by molar-refractivity contribution is 0.388. The quantitative estimate of drug-likeness (QED) is 0.706. The molecule has 0 spiro atoms. The summed E-state index contributed by atoms with van der Waals surface area (Å²) in [6.07, 6.45) is 1.00. The van der Waals surface area contributed by atoms with Gasteiger partial charge in [-0.05, 0) is 19.4 Å². The summed E-state index contributed by atoms with van der Waals surface area (Å²) in [5.41, 5.74) is 0. The second kappa shape index (κ2) is 7.25. The second-order valence-electron chi connectivity index (χ2n) is 4.46. The van der Waals surface area contributed by atoms with E-state index in [1.807, 2.05) is 6.92 Å². The van der Waals surface area contributed by atoms with Crippen molar-refractivity contribution in [3.8, 4) is 0 Å². The van der Waals surface area contributed by atoms with Gasteiger partial charge in [-0.2, -0.15) is 0 Å². The van der Waals surface area contributed by atoms with Crippen LogP contribution < -0.4 is 5.32 Å². The highest BCUT2D eigenvalue weighted by Gasteiger charge is 2.26. The van der Waals surface area contributed by atoms with Gasteiger partial charge in [0, 0.05) is 20.1 Å². The Bertz CT molecular complexity index is 278. The zero-order valence-corrected chi connectivity index (χ0v) is 12.0. The summed E-state index contributed by atoms with van der Waals surface area (Å²) < 4.78 is 25.6. The molecule has 0 bridgehead atoms. The third kappa shape index (κ3) is 4.80. The fourth-order valence-electron chi connectivity index (χ4n) is 1.43. The first kappa shape index (κ1) is 15.9. The highest BCUT2D eigenvalue weighted by atomic mass is 32.2. The van der Waals surface area contributed by atoms with E-state index in [0.717, 1.165) is 13.0 Å². The first-order valence-corrected chi connectivity index (χ1v) is 7.52. The normalized spacial score (nSPS) is 16.4. The Morgan fingerprint density at radius 3 is 2.25 bits per heavy atom. The fourth-order valence-corrected chi connectivity index (χ4v) is 2.84. The van der Waals surface area contributed by atoms with Crippen molar-refractivity contribution >= 4 is 10.0 Å². The minimum absolute atomic E-state index is 0.360. The van der Waals surface area contributed by atoms with Crippen molar-refractivity contribution in [3.05, 3.63) is 0 Å². The molecule has 0 amide bonds. The Kier molecular flexibility index (Phi) is 7.19. The average Bonchev–Trinajstić information content (AvgIpc) is 2.25. The van der Waals surface area contributed by atoms with E-state index in [2.05, 4.69) is 19.2 Å². The van der Waals surface area contributed by atoms with Gasteiger partial charge in [0.2, 0.25) is 10.0 Å². The van der Waals surface area contributed by atoms with Crippen LogP contribution in [0.3, 0.4) is 0 Å². The smallest absolute Gasteiger partial charge is 0.217 e. The molecule has 0 rings (SSSR count). The van der Waals surface area contributed by atoms with Crippen molar-refractivity contribution in [2.75, 3.05) is 26.7 Å². The number of hydrogen-bond acceptors (Lipinski definition) is 3. The van der Waals surface area contributed by atoms with Gasteiger partial charge in [0.05, 0.1) is 5.25 Å². The van der Waals surface area contributed by atoms with Gasteiger partial charge in [-0.25, -0.2) is 12.7 Å². The Morgan fingerprint density at radius 2 is 1.81 bits per heavy atom. The van der Waals surface area contributed by atoms with Crippen molar-refractivity contribution in [1.29, 1.82) is 0 Å². The molecule has 0 radical (unpaired) electrons. The Hall–Kier alpha value is -0.130. The SMILES string of the molecule is CCNCC(C)S(=O)(=O)N(C)CC(C)CC. The summed E-state index contributed by atoms with van der Waals surface area (Å²) in [6.45, 7) is 9.80. The fraction of sp³-hybridized carbons (Fsp3) is 1.00. The summed E-state index contributed by atoms with van der Waals surface area (Å²) in [7, 11) is -1.47. The van der Waals surface area contributed by atoms with E-state index in [1.165, 1.54) is 4.31 Å². The zero-order chi connectivity index (χ0) is 12.8. The van der Waals surface area contributed by atoms with Gasteiger partial charge >= 0.3 is 0 Å². The Balaban J connectivity index is 4.40. The van der Waals surface area contributed by atoms with Gasteiger partial charge in [-0.1, -0.05) is 27.2 Å². The molecule has 2 atom stereocenters. The van der Waals surface area contributed by atoms with E-state index in [1.54, 1.807) is 14.0 Å². The molecule has 4 nitrogen and oxygen atoms in total. The molecule has 0 heterocycles. The Morgan fingerprint density at radius 1 is 1.25 bits per heavy atom. The van der Waals surface area contributed by atoms with E-state index < -0.39 is 10.0 Å². The third-order valence-electron chi connectivity index (χ3n) is 2.89. The maximum absolute atomic E-state index is 12.1. The predicted octanol–water partition coefficient (Wildman–Crippen LogP) is 1.29. The second-order valence-corrected chi connectivity index (χ2v) is 6.92. The van der Waals surface area contributed by atoms with Crippen LogP contribution in [0.15, 0.2) is 0 Å². The molecule has 0 aliphatic carbocycles. The van der Waals surface area contributed by atoms with Gasteiger partial charge in [-0.15, -0.1) is 0 Å². The van der Waals surface area contributed by atoms with Crippen molar-refractivity contribution in [2.24, 2.45) is 5.92 Å². The van der Waals surface area contributed by atoms with Crippen LogP contribution in [0.25, 0.3) is 0 Å². The van der Waals surface area contributed by atoms with Gasteiger partial charge in [-0.3, -0.25) is 0 Å². The zero-order valence-electron chi connectivity index (χ0n) is 11.2. The molecule has 98 valence electrons. The van der Waals surface area contributed by atoms with Crippen LogP contribution in [-0.4, -0.2) is 44.7 Å². The lowest BCUT2D eigenvalue weighted by Crippen LogP contribution is -2.41. The van der Waals surface area contributed by atoms with Crippen molar-refractivity contribution in [1.82, 2.24) is 9.62 Å². The molecule has 0 saturated carbocycles. The monoisotopic (exact) mass is 250 g/mol. The highest BCUT2D eigenvalue weighted by molar-refractivity contribution is 7.89. The summed E-state index contributed by atoms with van der Waals surface area (Å²) in [5, 5.41) is 2.71. The number of hydrogen-bond donors (Lipinski definition) is 1. The standard InChI is InChI=1S/C11H26N2O2S/c1-6-10(3)9-13(5)16(14,15)11(4)8-12-7-2/h10-12H,6-9H2,1-5H3. The highest BCUT2D eigenvalue weighted by Crippen LogP contribution is 2.10. The summed E-state index contributed by atoms with van der Waals surface area (Å²) in [4.78, 5) is 0. The van der Waals surface area contributed by atoms with Gasteiger partial charge in [0.25, 0.3) is 0 Å². The molecule has 0 aliphatic rings. The molecular weight excluding hydrogens is 224 g/mol. The van der Waals surface area contributed by atoms with Gasteiger partial charge in [0.15, 0.2) is 0 Å². The van der Waals surface area contributed by atoms with Crippen LogP contribution in [0.4, 0.5) is 0 Å². The van der Waals surface area contributed by atoms with Crippen LogP contribution in [-0.2, 0) is 10.0 Å². The minimum Gasteiger partial charge on any atom is -0.316 e. The molecule has 0 fully saturated rings. The van der Waals surface area contributed by atoms with E-state index >= 15 is 0 Å². The maximum Gasteiger partial charge on any atom is 0.217 e. The molecule has 2 unspecified atom stereocenters. The molecule has 0 aromatic rings. The molecule has 0 saturated heterocycles. The largest absolute Gasteiger partial charge is 0.316 e. The van der Waals surface area contributed by atoms with E-state index in [-0.39, 0.29) is 5.25 Å². The Labute approximate surface area is 100 Å². The van der Waals surface area contributed by atoms with Crippen LogP contribution in [0.2, 0.25) is 0 Å². The number of sulfonamides is 1. The van der Waals surface area contributed by atoms with Crippen LogP contribution >= 0.6 is 0 Å². The lowest BCUT2D eigenvalue weighted by atomic mass is 10.1. The third-order valence-corrected chi connectivity index (χ3v) is 5.09. The molecule has 16 heavy (non-hydrogen) atoms. The van der Waals surface area contributed by atoms with Crippen molar-refractivity contribution in [2.45, 2.75) is 39.4 Å². The molecule has 5 heteroatoms. The summed E-state index contributed by atoms with van der Waals surface area (Å²) in [5.74, 6) is 0.408. The van der Waals surface area contributed by atoms with Crippen LogP contribution in [0, 0.1) is 5.92 Å². The van der Waals surface area contributed by atoms with Crippen LogP contribution in [0.1, 0.15) is 34.1 Å². The number of nitrogens with zero attached hydrogens (tertiary/aromatic N) is 1. The molecular formula is C11H26N2O2S. The first-order valence-electron chi connectivity index (χ1n) is 6.02. The van der Waals surface area contributed by atoms with Crippen LogP contribution in [0.5, 0.6) is 0 Å². The maximum atomic E-state index is 12.1. The number of nitrogens with one attached hydrogen (secondary N) is 1. The van der Waals surface area contributed by atoms with Gasteiger partial charge in [0.1, 0.15) is 0 Å². The lowest BCUT2D eigenvalue weighted by Gasteiger charge is -2.24. The van der Waals surface area contributed by atoms with Crippen molar-refractivity contribution in [3.63, 3.8) is 0 Å². The summed E-state index contributed by atoms with van der Waals surface area (Å²) >= 11 is 0. The van der Waals surface area contributed by atoms with Gasteiger partial charge < -0.3 is 5.32 Å². The predicted molar refractivity (Wildman–Crippen MR) is 69.0 cm³/mol. The van der Waals surface area contributed by atoms with E-state index in [9.17, 15) is 8.42 Å². The average molecular weight is 250 g/mol. The number of rotatable bonds is 8. The van der Waals surface area contributed by atoms with Crippen molar-refractivity contribution < 1.29 is 8.42 Å². The molecule has 0 aliphatic heterocycles. The molecule has 0 aromatic heterocycles. The minimum atomic E-state index is -3.15. The summed E-state index contributed by atoms with van der Waals surface area (Å²) in [6, 6.07) is 0.